The van der Waals surface area contributed by atoms with Gasteiger partial charge in [-0.05, 0) is 59.3 Å². The van der Waals surface area contributed by atoms with Gasteiger partial charge in [-0.2, -0.15) is 0 Å². The maximum absolute atomic E-state index is 11.7. The molecule has 1 aromatic carbocycles. The molecule has 4 nitrogen and oxygen atoms in total. The van der Waals surface area contributed by atoms with Crippen LogP contribution in [0, 0.1) is 3.57 Å². The zero-order valence-corrected chi connectivity index (χ0v) is 13.0. The van der Waals surface area contributed by atoms with Crippen LogP contribution in [-0.2, 0) is 14.8 Å². The predicted molar refractivity (Wildman–Crippen MR) is 76.8 cm³/mol. The summed E-state index contributed by atoms with van der Waals surface area (Å²) in [6.45, 7) is 1.45. The molecule has 0 aliphatic carbocycles. The average molecular weight is 388 g/mol. The fourth-order valence-electron chi connectivity index (χ4n) is 1.41. The molecule has 7 heteroatoms. The minimum atomic E-state index is -3.55. The van der Waals surface area contributed by atoms with Crippen molar-refractivity contribution in [3.63, 3.8) is 0 Å². The largest absolute Gasteiger partial charge is 0.279 e. The monoisotopic (exact) mass is 387 g/mol. The lowest BCUT2D eigenvalue weighted by molar-refractivity contribution is -0.112. The van der Waals surface area contributed by atoms with Crippen molar-refractivity contribution in [3.05, 3.63) is 27.8 Å². The minimum absolute atomic E-state index is 0.431. The van der Waals surface area contributed by atoms with Crippen molar-refractivity contribution in [1.29, 1.82) is 0 Å². The molecule has 0 heterocycles. The van der Waals surface area contributed by atoms with Crippen LogP contribution in [0.5, 0.6) is 0 Å². The summed E-state index contributed by atoms with van der Waals surface area (Å²) in [7, 11) is -3.55. The van der Waals surface area contributed by atoms with Crippen molar-refractivity contribution in [2.75, 3.05) is 10.6 Å². The van der Waals surface area contributed by atoms with Gasteiger partial charge in [0.1, 0.15) is 6.04 Å². The molecule has 17 heavy (non-hydrogen) atoms. The molecule has 1 atom stereocenters. The van der Waals surface area contributed by atoms with Gasteiger partial charge in [0, 0.05) is 3.57 Å². The fraction of sp³-hybridized carbons (Fsp3) is 0.300. The zero-order chi connectivity index (χ0) is 13.2. The Bertz CT molecular complexity index is 532. The van der Waals surface area contributed by atoms with E-state index in [2.05, 4.69) is 22.6 Å². The van der Waals surface area contributed by atoms with Crippen molar-refractivity contribution in [2.24, 2.45) is 0 Å². The average Bonchev–Trinajstić information content (AvgIpc) is 2.15. The van der Waals surface area contributed by atoms with E-state index in [1.54, 1.807) is 18.2 Å². The Hall–Kier alpha value is -0.340. The van der Waals surface area contributed by atoms with Crippen LogP contribution in [0.25, 0.3) is 0 Å². The first-order chi connectivity index (χ1) is 7.73. The number of carbonyl (C=O) groups excluding carboxylic acids is 1. The maximum Gasteiger partial charge on any atom is 0.245 e. The Labute approximate surface area is 119 Å². The number of halogens is 2. The van der Waals surface area contributed by atoms with Gasteiger partial charge >= 0.3 is 0 Å². The summed E-state index contributed by atoms with van der Waals surface area (Å²) in [6.07, 6.45) is 1.04. The molecule has 1 unspecified atom stereocenters. The third-order valence-electron chi connectivity index (χ3n) is 2.10. The van der Waals surface area contributed by atoms with Crippen molar-refractivity contribution >= 4 is 55.1 Å². The van der Waals surface area contributed by atoms with E-state index in [0.717, 1.165) is 14.1 Å². The fourth-order valence-corrected chi connectivity index (χ4v) is 3.26. The van der Waals surface area contributed by atoms with E-state index in [-0.39, 0.29) is 0 Å². The summed E-state index contributed by atoms with van der Waals surface area (Å²) in [5.41, 5.74) is 0.431. The van der Waals surface area contributed by atoms with E-state index in [4.69, 9.17) is 11.6 Å². The number of rotatable bonds is 4. The first-order valence-electron chi connectivity index (χ1n) is 4.68. The van der Waals surface area contributed by atoms with Gasteiger partial charge in [0.25, 0.3) is 0 Å². The van der Waals surface area contributed by atoms with E-state index in [1.807, 2.05) is 6.07 Å². The highest BCUT2D eigenvalue weighted by atomic mass is 127. The molecule has 0 radical (unpaired) electrons. The van der Waals surface area contributed by atoms with E-state index in [0.29, 0.717) is 5.69 Å². The molecule has 0 bridgehead atoms. The maximum atomic E-state index is 11.7. The van der Waals surface area contributed by atoms with Crippen LogP contribution in [0.1, 0.15) is 6.92 Å². The molecular weight excluding hydrogens is 377 g/mol. The van der Waals surface area contributed by atoms with Gasteiger partial charge < -0.3 is 0 Å². The summed E-state index contributed by atoms with van der Waals surface area (Å²) >= 11 is 7.44. The molecule has 1 rings (SSSR count). The molecule has 94 valence electrons. The first kappa shape index (κ1) is 14.7. The lowest BCUT2D eigenvalue weighted by Crippen LogP contribution is -2.41. The van der Waals surface area contributed by atoms with Crippen molar-refractivity contribution in [1.82, 2.24) is 0 Å². The Morgan fingerprint density at radius 2 is 2.06 bits per heavy atom. The Morgan fingerprint density at radius 1 is 1.47 bits per heavy atom. The van der Waals surface area contributed by atoms with Gasteiger partial charge in [0.15, 0.2) is 0 Å². The van der Waals surface area contributed by atoms with Gasteiger partial charge in [-0.3, -0.25) is 9.10 Å². The molecule has 0 spiro atoms. The number of anilines is 1. The molecule has 0 aromatic heterocycles. The Morgan fingerprint density at radius 3 is 2.47 bits per heavy atom. The normalized spacial score (nSPS) is 13.2. The molecule has 1 aromatic rings. The number of benzene rings is 1. The van der Waals surface area contributed by atoms with Gasteiger partial charge in [-0.1, -0.05) is 6.07 Å². The second-order valence-corrected chi connectivity index (χ2v) is 7.00. The summed E-state index contributed by atoms with van der Waals surface area (Å²) in [6, 6.07) is 5.93. The molecular formula is C10H11ClINO3S. The second kappa shape index (κ2) is 5.53. The summed E-state index contributed by atoms with van der Waals surface area (Å²) < 4.78 is 25.3. The van der Waals surface area contributed by atoms with Gasteiger partial charge in [-0.15, -0.1) is 0 Å². The zero-order valence-electron chi connectivity index (χ0n) is 9.22. The smallest absolute Gasteiger partial charge is 0.245 e. The van der Waals surface area contributed by atoms with Crippen molar-refractivity contribution < 1.29 is 13.2 Å². The number of carbonyl (C=O) groups is 1. The number of nitrogens with zero attached hydrogens (tertiary/aromatic N) is 1. The molecule has 0 amide bonds. The first-order valence-corrected chi connectivity index (χ1v) is 7.98. The number of hydrogen-bond acceptors (Lipinski definition) is 3. The van der Waals surface area contributed by atoms with Crippen LogP contribution in [0.4, 0.5) is 5.69 Å². The molecule has 0 fully saturated rings. The molecule has 0 saturated carbocycles. The minimum Gasteiger partial charge on any atom is -0.279 e. The van der Waals surface area contributed by atoms with E-state index in [1.165, 1.54) is 6.92 Å². The van der Waals surface area contributed by atoms with Crippen LogP contribution in [0.15, 0.2) is 24.3 Å². The van der Waals surface area contributed by atoms with Crippen LogP contribution >= 0.6 is 34.2 Å². The SMILES string of the molecule is CC(C(=O)Cl)N(c1cccc(I)c1)S(C)(=O)=O. The van der Waals surface area contributed by atoms with Crippen LogP contribution in [-0.4, -0.2) is 26.0 Å². The lowest BCUT2D eigenvalue weighted by Gasteiger charge is -2.26. The van der Waals surface area contributed by atoms with Crippen LogP contribution in [0.2, 0.25) is 0 Å². The van der Waals surface area contributed by atoms with Crippen molar-refractivity contribution in [3.8, 4) is 0 Å². The van der Waals surface area contributed by atoms with E-state index >= 15 is 0 Å². The summed E-state index contributed by atoms with van der Waals surface area (Å²) in [4.78, 5) is 11.1. The van der Waals surface area contributed by atoms with Crippen molar-refractivity contribution in [2.45, 2.75) is 13.0 Å². The van der Waals surface area contributed by atoms with E-state index < -0.39 is 21.3 Å². The highest BCUT2D eigenvalue weighted by molar-refractivity contribution is 14.1. The molecule has 0 aliphatic heterocycles. The van der Waals surface area contributed by atoms with Gasteiger partial charge in [0.05, 0.1) is 11.9 Å². The second-order valence-electron chi connectivity index (χ2n) is 3.52. The van der Waals surface area contributed by atoms with E-state index in [9.17, 15) is 13.2 Å². The topological polar surface area (TPSA) is 54.5 Å². The van der Waals surface area contributed by atoms with Crippen LogP contribution < -0.4 is 4.31 Å². The van der Waals surface area contributed by atoms with Crippen LogP contribution in [0.3, 0.4) is 0 Å². The van der Waals surface area contributed by atoms with Gasteiger partial charge in [-0.25, -0.2) is 8.42 Å². The highest BCUT2D eigenvalue weighted by Gasteiger charge is 2.27. The highest BCUT2D eigenvalue weighted by Crippen LogP contribution is 2.23. The molecule has 0 N–H and O–H groups in total. The third kappa shape index (κ3) is 3.82. The molecule has 0 saturated heterocycles. The lowest BCUT2D eigenvalue weighted by atomic mass is 10.3. The Kier molecular flexibility index (Phi) is 4.79. The predicted octanol–water partition coefficient (Wildman–Crippen LogP) is 2.21. The number of hydrogen-bond donors (Lipinski definition) is 0. The summed E-state index contributed by atoms with van der Waals surface area (Å²) in [5, 5.41) is -0.714. The third-order valence-corrected chi connectivity index (χ3v) is 4.33. The molecule has 0 aliphatic rings. The van der Waals surface area contributed by atoms with Gasteiger partial charge in [0.2, 0.25) is 15.3 Å². The quantitative estimate of drug-likeness (QED) is 0.588. The Balaban J connectivity index is 3.30. The number of sulfonamides is 1. The summed E-state index contributed by atoms with van der Waals surface area (Å²) in [5.74, 6) is 0. The standard InChI is InChI=1S/C10H11ClINO3S/c1-7(10(11)14)13(17(2,15)16)9-5-3-4-8(12)6-9/h3-7H,1-2H3.